The number of rotatable bonds is 4. The number of hydrogen-bond donors (Lipinski definition) is 2. The zero-order chi connectivity index (χ0) is 14.1. The average molecular weight is 343 g/mol. The van der Waals surface area contributed by atoms with Crippen LogP contribution < -0.4 is 5.32 Å². The van der Waals surface area contributed by atoms with E-state index in [9.17, 15) is 9.50 Å². The Kier molecular flexibility index (Phi) is 4.29. The van der Waals surface area contributed by atoms with Gasteiger partial charge in [0.1, 0.15) is 11.6 Å². The van der Waals surface area contributed by atoms with E-state index in [1.165, 1.54) is 25.0 Å². The van der Waals surface area contributed by atoms with Crippen LogP contribution in [0.2, 0.25) is 0 Å². The summed E-state index contributed by atoms with van der Waals surface area (Å²) in [6.07, 6.45) is 3.54. The number of nitrogens with one attached hydrogen (secondary N) is 1. The number of aromatic hydroxyl groups is 1. The number of piperazine rings is 1. The molecular weight excluding hydrogens is 323 g/mol. The molecule has 2 fully saturated rings. The molecule has 5 heteroatoms. The molecule has 1 saturated heterocycles. The molecule has 110 valence electrons. The number of hydrogen-bond acceptors (Lipinski definition) is 3. The summed E-state index contributed by atoms with van der Waals surface area (Å²) >= 11 is 3.25. The van der Waals surface area contributed by atoms with Crippen molar-refractivity contribution in [3.8, 4) is 5.75 Å². The highest BCUT2D eigenvalue weighted by Gasteiger charge is 2.32. The molecule has 1 atom stereocenters. The van der Waals surface area contributed by atoms with Crippen molar-refractivity contribution in [2.45, 2.75) is 25.3 Å². The molecule has 0 aromatic heterocycles. The van der Waals surface area contributed by atoms with E-state index in [0.717, 1.165) is 44.1 Å². The van der Waals surface area contributed by atoms with Gasteiger partial charge in [0.2, 0.25) is 0 Å². The maximum absolute atomic E-state index is 13.7. The van der Waals surface area contributed by atoms with Gasteiger partial charge in [-0.1, -0.05) is 12.8 Å². The van der Waals surface area contributed by atoms with Crippen molar-refractivity contribution in [1.82, 2.24) is 10.2 Å². The molecule has 2 N–H and O–H groups in total. The first-order valence-electron chi connectivity index (χ1n) is 7.28. The topological polar surface area (TPSA) is 35.5 Å². The van der Waals surface area contributed by atoms with Gasteiger partial charge in [0.15, 0.2) is 0 Å². The van der Waals surface area contributed by atoms with Gasteiger partial charge in [-0.15, -0.1) is 0 Å². The van der Waals surface area contributed by atoms with Gasteiger partial charge in [0.05, 0.1) is 4.47 Å². The zero-order valence-corrected chi connectivity index (χ0v) is 13.0. The van der Waals surface area contributed by atoms with E-state index in [-0.39, 0.29) is 17.6 Å². The van der Waals surface area contributed by atoms with Crippen molar-refractivity contribution in [3.63, 3.8) is 0 Å². The van der Waals surface area contributed by atoms with E-state index in [2.05, 4.69) is 26.1 Å². The van der Waals surface area contributed by atoms with Crippen molar-refractivity contribution in [1.29, 1.82) is 0 Å². The predicted octanol–water partition coefficient (Wildman–Crippen LogP) is 3.04. The lowest BCUT2D eigenvalue weighted by molar-refractivity contribution is 0.157. The van der Waals surface area contributed by atoms with Crippen molar-refractivity contribution in [2.24, 2.45) is 5.92 Å². The maximum atomic E-state index is 13.7. The molecule has 3 rings (SSSR count). The number of benzene rings is 1. The van der Waals surface area contributed by atoms with Crippen LogP contribution in [-0.4, -0.2) is 36.2 Å². The first-order valence-corrected chi connectivity index (χ1v) is 8.07. The number of halogens is 2. The van der Waals surface area contributed by atoms with Crippen LogP contribution >= 0.6 is 15.9 Å². The molecule has 2 aliphatic rings. The van der Waals surface area contributed by atoms with Crippen LogP contribution in [0.1, 0.15) is 30.9 Å². The molecule has 0 radical (unpaired) electrons. The Hall–Kier alpha value is -0.650. The number of nitrogens with zero attached hydrogens (tertiary/aromatic N) is 1. The molecule has 20 heavy (non-hydrogen) atoms. The minimum Gasteiger partial charge on any atom is -0.506 e. The lowest BCUT2D eigenvalue weighted by atomic mass is 9.97. The summed E-state index contributed by atoms with van der Waals surface area (Å²) in [6, 6.07) is 2.94. The lowest BCUT2D eigenvalue weighted by Crippen LogP contribution is -2.45. The molecule has 1 heterocycles. The van der Waals surface area contributed by atoms with Crippen molar-refractivity contribution in [3.05, 3.63) is 28.0 Å². The predicted molar refractivity (Wildman–Crippen MR) is 80.3 cm³/mol. The average Bonchev–Trinajstić information content (AvgIpc) is 3.25. The molecule has 0 spiro atoms. The Morgan fingerprint density at radius 3 is 2.70 bits per heavy atom. The van der Waals surface area contributed by atoms with Crippen LogP contribution in [0.4, 0.5) is 4.39 Å². The maximum Gasteiger partial charge on any atom is 0.134 e. The third-order valence-electron chi connectivity index (χ3n) is 4.26. The van der Waals surface area contributed by atoms with Gasteiger partial charge < -0.3 is 10.4 Å². The second kappa shape index (κ2) is 6.00. The molecule has 1 aliphatic carbocycles. The Bertz CT molecular complexity index is 487. The van der Waals surface area contributed by atoms with E-state index >= 15 is 0 Å². The van der Waals surface area contributed by atoms with E-state index in [4.69, 9.17) is 0 Å². The largest absolute Gasteiger partial charge is 0.506 e. The fourth-order valence-corrected chi connectivity index (χ4v) is 3.42. The summed E-state index contributed by atoms with van der Waals surface area (Å²) in [4.78, 5) is 2.37. The molecule has 3 nitrogen and oxygen atoms in total. The quantitative estimate of drug-likeness (QED) is 0.882. The lowest BCUT2D eigenvalue weighted by Gasteiger charge is -2.35. The first kappa shape index (κ1) is 14.3. The summed E-state index contributed by atoms with van der Waals surface area (Å²) in [7, 11) is 0. The molecular formula is C15H20BrFN2O. The highest BCUT2D eigenvalue weighted by Crippen LogP contribution is 2.44. The summed E-state index contributed by atoms with van der Waals surface area (Å²) in [5, 5.41) is 13.6. The van der Waals surface area contributed by atoms with Crippen LogP contribution in [0.5, 0.6) is 5.75 Å². The Balaban J connectivity index is 1.90. The summed E-state index contributed by atoms with van der Waals surface area (Å²) in [6.45, 7) is 3.81. The van der Waals surface area contributed by atoms with Crippen LogP contribution in [0.3, 0.4) is 0 Å². The molecule has 1 aromatic carbocycles. The van der Waals surface area contributed by atoms with Gasteiger partial charge in [0.25, 0.3) is 0 Å². The minimum absolute atomic E-state index is 0.122. The smallest absolute Gasteiger partial charge is 0.134 e. The molecule has 1 aliphatic heterocycles. The second-order valence-electron chi connectivity index (χ2n) is 5.81. The summed E-state index contributed by atoms with van der Waals surface area (Å²) in [5.41, 5.74) is 0.727. The van der Waals surface area contributed by atoms with Gasteiger partial charge in [-0.25, -0.2) is 4.39 Å². The Morgan fingerprint density at radius 1 is 1.35 bits per heavy atom. The highest BCUT2D eigenvalue weighted by atomic mass is 79.9. The monoisotopic (exact) mass is 342 g/mol. The van der Waals surface area contributed by atoms with E-state index in [1.54, 1.807) is 0 Å². The Labute approximate surface area is 127 Å². The fourth-order valence-electron chi connectivity index (χ4n) is 2.98. The second-order valence-corrected chi connectivity index (χ2v) is 6.66. The van der Waals surface area contributed by atoms with Crippen LogP contribution in [0.25, 0.3) is 0 Å². The van der Waals surface area contributed by atoms with E-state index in [1.807, 2.05) is 0 Å². The van der Waals surface area contributed by atoms with Gasteiger partial charge in [-0.2, -0.15) is 0 Å². The standard InChI is InChI=1S/C15H20BrFN2O/c16-13-9-11(17)8-12(15(13)20)14(7-10-1-2-10)19-5-3-18-4-6-19/h8-10,14,18,20H,1-7H2/t14-/m0/s1. The molecule has 1 saturated carbocycles. The third-order valence-corrected chi connectivity index (χ3v) is 4.87. The third kappa shape index (κ3) is 3.15. The van der Waals surface area contributed by atoms with Gasteiger partial charge in [-0.3, -0.25) is 4.90 Å². The zero-order valence-electron chi connectivity index (χ0n) is 11.4. The fraction of sp³-hybridized carbons (Fsp3) is 0.600. The summed E-state index contributed by atoms with van der Waals surface area (Å²) in [5.74, 6) is 0.632. The van der Waals surface area contributed by atoms with Gasteiger partial charge in [0, 0.05) is 37.8 Å². The van der Waals surface area contributed by atoms with Crippen molar-refractivity contribution < 1.29 is 9.50 Å². The van der Waals surface area contributed by atoms with Crippen LogP contribution in [0, 0.1) is 11.7 Å². The van der Waals surface area contributed by atoms with E-state index < -0.39 is 0 Å². The van der Waals surface area contributed by atoms with Crippen LogP contribution in [-0.2, 0) is 0 Å². The van der Waals surface area contributed by atoms with E-state index in [0.29, 0.717) is 4.47 Å². The van der Waals surface area contributed by atoms with Gasteiger partial charge >= 0.3 is 0 Å². The molecule has 1 aromatic rings. The van der Waals surface area contributed by atoms with Gasteiger partial charge in [-0.05, 0) is 40.4 Å². The molecule has 0 bridgehead atoms. The highest BCUT2D eigenvalue weighted by molar-refractivity contribution is 9.10. The SMILES string of the molecule is Oc1c(Br)cc(F)cc1[C@H](CC1CC1)N1CCNCC1. The molecule has 0 unspecified atom stereocenters. The first-order chi connectivity index (χ1) is 9.65. The number of phenols is 1. The van der Waals surface area contributed by atoms with Crippen molar-refractivity contribution >= 4 is 15.9 Å². The number of phenolic OH excluding ortho intramolecular Hbond substituents is 1. The molecule has 0 amide bonds. The Morgan fingerprint density at radius 2 is 2.05 bits per heavy atom. The summed E-state index contributed by atoms with van der Waals surface area (Å²) < 4.78 is 14.2. The van der Waals surface area contributed by atoms with Crippen molar-refractivity contribution in [2.75, 3.05) is 26.2 Å². The van der Waals surface area contributed by atoms with Crippen LogP contribution in [0.15, 0.2) is 16.6 Å². The minimum atomic E-state index is -0.291. The normalized spacial score (nSPS) is 21.9.